The number of amides is 2. The van der Waals surface area contributed by atoms with Crippen LogP contribution in [0.4, 0.5) is 10.9 Å². The van der Waals surface area contributed by atoms with Crippen molar-refractivity contribution >= 4 is 56.1 Å². The van der Waals surface area contributed by atoms with Crippen LogP contribution in [0.15, 0.2) is 41.4 Å². The number of hydrogen-bond acceptors (Lipinski definition) is 7. The zero-order valence-corrected chi connectivity index (χ0v) is 15.3. The van der Waals surface area contributed by atoms with Crippen LogP contribution in [0.1, 0.15) is 12.8 Å². The van der Waals surface area contributed by atoms with Crippen molar-refractivity contribution in [3.8, 4) is 0 Å². The van der Waals surface area contributed by atoms with E-state index < -0.39 is 0 Å². The third-order valence-corrected chi connectivity index (χ3v) is 5.60. The van der Waals surface area contributed by atoms with Crippen LogP contribution in [-0.2, 0) is 9.59 Å². The van der Waals surface area contributed by atoms with E-state index in [0.717, 1.165) is 23.1 Å². The maximum Gasteiger partial charge on any atom is 0.236 e. The lowest BCUT2D eigenvalue weighted by Gasteiger charge is -2.04. The summed E-state index contributed by atoms with van der Waals surface area (Å²) >= 11 is 2.72. The monoisotopic (exact) mass is 385 g/mol. The number of benzene rings is 1. The fourth-order valence-corrected chi connectivity index (χ4v) is 3.75. The van der Waals surface area contributed by atoms with Crippen LogP contribution in [0.3, 0.4) is 0 Å². The summed E-state index contributed by atoms with van der Waals surface area (Å²) in [6.07, 6.45) is 1.88. The van der Waals surface area contributed by atoms with Crippen molar-refractivity contribution in [2.75, 3.05) is 16.4 Å². The van der Waals surface area contributed by atoms with E-state index in [4.69, 9.17) is 0 Å². The van der Waals surface area contributed by atoms with Crippen molar-refractivity contribution in [2.24, 2.45) is 5.92 Å². The minimum absolute atomic E-state index is 0.00471. The van der Waals surface area contributed by atoms with Gasteiger partial charge in [0.2, 0.25) is 11.8 Å². The van der Waals surface area contributed by atoms with Gasteiger partial charge in [-0.1, -0.05) is 35.2 Å². The molecule has 0 aliphatic heterocycles. The molecule has 0 bridgehead atoms. The lowest BCUT2D eigenvalue weighted by Crippen LogP contribution is -2.15. The minimum atomic E-state index is -0.151. The van der Waals surface area contributed by atoms with Crippen molar-refractivity contribution in [1.29, 1.82) is 0 Å². The highest BCUT2D eigenvalue weighted by Crippen LogP contribution is 2.30. The van der Waals surface area contributed by atoms with Crippen molar-refractivity contribution < 1.29 is 9.59 Å². The van der Waals surface area contributed by atoms with Gasteiger partial charge in [-0.2, -0.15) is 0 Å². The van der Waals surface area contributed by atoms with Crippen molar-refractivity contribution in [2.45, 2.75) is 17.9 Å². The predicted molar refractivity (Wildman–Crippen MR) is 102 cm³/mol. The van der Waals surface area contributed by atoms with Crippen LogP contribution < -0.4 is 10.6 Å². The first-order chi connectivity index (χ1) is 12.7. The molecule has 2 amide bonds. The van der Waals surface area contributed by atoms with Crippen LogP contribution in [0.2, 0.25) is 0 Å². The number of nitrogens with zero attached hydrogens (tertiary/aromatic N) is 3. The molecule has 0 unspecified atom stereocenters. The van der Waals surface area contributed by atoms with E-state index in [2.05, 4.69) is 25.8 Å². The molecule has 2 N–H and O–H groups in total. The number of fused-ring (bicyclic) bond motifs is 1. The van der Waals surface area contributed by atoms with E-state index in [1.165, 1.54) is 23.1 Å². The number of para-hydroxylation sites is 1. The van der Waals surface area contributed by atoms with Crippen molar-refractivity contribution in [3.63, 3.8) is 0 Å². The molecule has 1 aliphatic rings. The fourth-order valence-electron chi connectivity index (χ4n) is 2.26. The second kappa shape index (κ2) is 7.38. The molecule has 2 heterocycles. The Labute approximate surface area is 157 Å². The Morgan fingerprint density at radius 2 is 1.96 bits per heavy atom. The van der Waals surface area contributed by atoms with E-state index in [0.29, 0.717) is 16.0 Å². The van der Waals surface area contributed by atoms with Crippen LogP contribution >= 0.6 is 23.1 Å². The summed E-state index contributed by atoms with van der Waals surface area (Å²) in [5, 5.41) is 14.7. The molecular weight excluding hydrogens is 370 g/mol. The summed E-state index contributed by atoms with van der Waals surface area (Å²) in [7, 11) is 0. The molecule has 0 spiro atoms. The molecule has 1 aliphatic carbocycles. The van der Waals surface area contributed by atoms with Crippen molar-refractivity contribution in [1.82, 2.24) is 15.2 Å². The first kappa shape index (κ1) is 16.9. The molecule has 9 heteroatoms. The molecule has 1 saturated carbocycles. The Hall–Kier alpha value is -2.52. The number of nitrogens with one attached hydrogen (secondary N) is 2. The Balaban J connectivity index is 1.28. The van der Waals surface area contributed by atoms with E-state index in [-0.39, 0.29) is 23.5 Å². The highest BCUT2D eigenvalue weighted by atomic mass is 32.2. The third-order valence-electron chi connectivity index (χ3n) is 3.73. The van der Waals surface area contributed by atoms with E-state index >= 15 is 0 Å². The van der Waals surface area contributed by atoms with Gasteiger partial charge in [0.25, 0.3) is 0 Å². The maximum absolute atomic E-state index is 12.1. The number of rotatable bonds is 6. The molecule has 0 atom stereocenters. The lowest BCUT2D eigenvalue weighted by atomic mass is 10.3. The highest BCUT2D eigenvalue weighted by Gasteiger charge is 2.29. The van der Waals surface area contributed by atoms with Gasteiger partial charge in [-0.15, -0.1) is 10.2 Å². The number of carbonyl (C=O) groups is 2. The number of hydrogen-bond donors (Lipinski definition) is 2. The Morgan fingerprint density at radius 1 is 1.12 bits per heavy atom. The number of carbonyl (C=O) groups excluding carboxylic acids is 2. The highest BCUT2D eigenvalue weighted by molar-refractivity contribution is 7.99. The Bertz CT molecular complexity index is 920. The van der Waals surface area contributed by atoms with Gasteiger partial charge in [0, 0.05) is 5.92 Å². The average molecular weight is 385 g/mol. The number of thioether (sulfide) groups is 1. The quantitative estimate of drug-likeness (QED) is 0.633. The molecule has 3 aromatic rings. The molecule has 0 saturated heterocycles. The van der Waals surface area contributed by atoms with Gasteiger partial charge in [-0.25, -0.2) is 4.98 Å². The van der Waals surface area contributed by atoms with E-state index in [1.807, 2.05) is 24.3 Å². The summed E-state index contributed by atoms with van der Waals surface area (Å²) < 4.78 is 1.03. The van der Waals surface area contributed by atoms with Gasteiger partial charge < -0.3 is 10.6 Å². The summed E-state index contributed by atoms with van der Waals surface area (Å²) in [6.45, 7) is 0. The van der Waals surface area contributed by atoms with Gasteiger partial charge in [-0.3, -0.25) is 9.59 Å². The maximum atomic E-state index is 12.1. The standard InChI is InChI=1S/C17H15N5O2S2/c23-14(20-17-18-11-3-1-2-4-12(11)26-17)9-25-15-8-7-13(21-22-15)19-16(24)10-5-6-10/h1-4,7-8,10H,5-6,9H2,(H,18,20,23)(H,19,21,24). The first-order valence-electron chi connectivity index (χ1n) is 8.10. The molecule has 7 nitrogen and oxygen atoms in total. The number of thiazole rings is 1. The Kier molecular flexibility index (Phi) is 4.81. The molecule has 2 aromatic heterocycles. The van der Waals surface area contributed by atoms with Gasteiger partial charge in [0.1, 0.15) is 5.03 Å². The second-order valence-electron chi connectivity index (χ2n) is 5.84. The topological polar surface area (TPSA) is 96.9 Å². The van der Waals surface area contributed by atoms with E-state index in [9.17, 15) is 9.59 Å². The van der Waals surface area contributed by atoms with Crippen LogP contribution in [0.5, 0.6) is 0 Å². The summed E-state index contributed by atoms with van der Waals surface area (Å²) in [5.41, 5.74) is 0.871. The van der Waals surface area contributed by atoms with Gasteiger partial charge in [0.15, 0.2) is 10.9 Å². The SMILES string of the molecule is O=C(CSc1ccc(NC(=O)C2CC2)nn1)Nc1nc2ccccc2s1. The largest absolute Gasteiger partial charge is 0.309 e. The second-order valence-corrected chi connectivity index (χ2v) is 7.87. The van der Waals surface area contributed by atoms with Crippen molar-refractivity contribution in [3.05, 3.63) is 36.4 Å². The van der Waals surface area contributed by atoms with Gasteiger partial charge >= 0.3 is 0 Å². The molecule has 1 fully saturated rings. The predicted octanol–water partition coefficient (Wildman–Crippen LogP) is 3.17. The molecule has 26 heavy (non-hydrogen) atoms. The minimum Gasteiger partial charge on any atom is -0.309 e. The van der Waals surface area contributed by atoms with Crippen LogP contribution in [0.25, 0.3) is 10.2 Å². The average Bonchev–Trinajstić information content (AvgIpc) is 3.41. The molecule has 4 rings (SSSR count). The smallest absolute Gasteiger partial charge is 0.236 e. The summed E-state index contributed by atoms with van der Waals surface area (Å²) in [4.78, 5) is 28.1. The number of aromatic nitrogens is 3. The van der Waals surface area contributed by atoms with Gasteiger partial charge in [0.05, 0.1) is 16.0 Å². The molecule has 0 radical (unpaired) electrons. The fraction of sp³-hybridized carbons (Fsp3) is 0.235. The molecular formula is C17H15N5O2S2. The van der Waals surface area contributed by atoms with Crippen LogP contribution in [-0.4, -0.2) is 32.7 Å². The van der Waals surface area contributed by atoms with Crippen LogP contribution in [0, 0.1) is 5.92 Å². The Morgan fingerprint density at radius 3 is 2.69 bits per heavy atom. The first-order valence-corrected chi connectivity index (χ1v) is 9.90. The third kappa shape index (κ3) is 4.17. The molecule has 132 valence electrons. The number of anilines is 2. The van der Waals surface area contributed by atoms with Gasteiger partial charge in [-0.05, 0) is 37.1 Å². The van der Waals surface area contributed by atoms with E-state index in [1.54, 1.807) is 12.1 Å². The zero-order chi connectivity index (χ0) is 17.9. The zero-order valence-electron chi connectivity index (χ0n) is 13.6. The molecule has 1 aromatic carbocycles. The summed E-state index contributed by atoms with van der Waals surface area (Å²) in [6, 6.07) is 11.2. The summed E-state index contributed by atoms with van der Waals surface area (Å²) in [5.74, 6) is 0.609. The lowest BCUT2D eigenvalue weighted by molar-refractivity contribution is -0.117. The normalized spacial score (nSPS) is 13.5.